The second-order valence-electron chi connectivity index (χ2n) is 7.38. The molecule has 0 radical (unpaired) electrons. The van der Waals surface area contributed by atoms with Gasteiger partial charge in [0, 0.05) is 41.5 Å². The van der Waals surface area contributed by atoms with Crippen molar-refractivity contribution in [1.82, 2.24) is 20.0 Å². The third kappa shape index (κ3) is 3.96. The van der Waals surface area contributed by atoms with E-state index in [1.54, 1.807) is 36.2 Å². The third-order valence-corrected chi connectivity index (χ3v) is 5.46. The normalized spacial score (nSPS) is 11.2. The van der Waals surface area contributed by atoms with Gasteiger partial charge in [-0.1, -0.05) is 35.3 Å². The summed E-state index contributed by atoms with van der Waals surface area (Å²) in [6.45, 7) is 4.67. The first-order chi connectivity index (χ1) is 14.5. The number of carbonyl (C=O) groups is 1. The predicted octanol–water partition coefficient (Wildman–Crippen LogP) is 5.06. The summed E-state index contributed by atoms with van der Waals surface area (Å²) in [5.74, 6) is 0.967. The molecule has 2 heterocycles. The highest BCUT2D eigenvalue weighted by Gasteiger charge is 2.18. The van der Waals surface area contributed by atoms with E-state index in [1.165, 1.54) is 16.5 Å². The number of aromatic nitrogens is 3. The average molecular weight is 423 g/mol. The van der Waals surface area contributed by atoms with E-state index in [0.717, 1.165) is 17.6 Å². The van der Waals surface area contributed by atoms with Crippen molar-refractivity contribution in [2.75, 3.05) is 13.6 Å². The summed E-state index contributed by atoms with van der Waals surface area (Å²) in [6.07, 6.45) is 1.36. The molecule has 0 bridgehead atoms. The lowest BCUT2D eigenvalue weighted by atomic mass is 10.1. The Labute approximate surface area is 179 Å². The molecule has 0 aliphatic carbocycles. The predicted molar refractivity (Wildman–Crippen MR) is 118 cm³/mol. The average Bonchev–Trinajstić information content (AvgIpc) is 3.35. The summed E-state index contributed by atoms with van der Waals surface area (Å²) in [6, 6.07) is 13.2. The van der Waals surface area contributed by atoms with Crippen LogP contribution in [0.2, 0.25) is 5.02 Å². The molecule has 2 aromatic carbocycles. The minimum Gasteiger partial charge on any atom is -0.350 e. The molecule has 1 N–H and O–H groups in total. The second kappa shape index (κ2) is 8.32. The van der Waals surface area contributed by atoms with Crippen LogP contribution >= 0.6 is 11.6 Å². The fraction of sp³-hybridized carbons (Fsp3) is 0.261. The van der Waals surface area contributed by atoms with Crippen molar-refractivity contribution < 1.29 is 9.32 Å². The van der Waals surface area contributed by atoms with Crippen molar-refractivity contribution >= 4 is 28.4 Å². The van der Waals surface area contributed by atoms with E-state index >= 15 is 0 Å². The van der Waals surface area contributed by atoms with Gasteiger partial charge < -0.3 is 14.4 Å². The van der Waals surface area contributed by atoms with Crippen LogP contribution in [0.15, 0.2) is 47.0 Å². The van der Waals surface area contributed by atoms with Crippen LogP contribution < -0.4 is 0 Å². The lowest BCUT2D eigenvalue weighted by molar-refractivity contribution is 0.0796. The highest BCUT2D eigenvalue weighted by atomic mass is 35.5. The summed E-state index contributed by atoms with van der Waals surface area (Å²) in [7, 11) is 1.76. The number of amides is 1. The molecule has 0 spiro atoms. The van der Waals surface area contributed by atoms with Gasteiger partial charge in [0.05, 0.1) is 0 Å². The Morgan fingerprint density at radius 1 is 1.20 bits per heavy atom. The van der Waals surface area contributed by atoms with Crippen LogP contribution in [0, 0.1) is 6.92 Å². The van der Waals surface area contributed by atoms with E-state index < -0.39 is 0 Å². The van der Waals surface area contributed by atoms with Crippen LogP contribution in [0.1, 0.15) is 34.2 Å². The Bertz CT molecular complexity index is 1190. The number of nitrogens with one attached hydrogen (secondary N) is 1. The van der Waals surface area contributed by atoms with Crippen molar-refractivity contribution in [3.63, 3.8) is 0 Å². The van der Waals surface area contributed by atoms with Crippen molar-refractivity contribution in [2.45, 2.75) is 26.7 Å². The van der Waals surface area contributed by atoms with Gasteiger partial charge in [0.2, 0.25) is 0 Å². The standard InChI is InChI=1S/C23H23ClN4O2/c1-4-17-18-13-14(2)5-10-19(18)25-21(17)22-26-20(27-30-22)11-12-28(3)23(29)15-6-8-16(24)9-7-15/h5-10,13,25H,4,11-12H2,1-3H3. The van der Waals surface area contributed by atoms with Gasteiger partial charge in [0.15, 0.2) is 5.82 Å². The zero-order chi connectivity index (χ0) is 21.3. The molecule has 0 fully saturated rings. The molecule has 0 aliphatic rings. The molecular formula is C23H23ClN4O2. The maximum absolute atomic E-state index is 12.5. The van der Waals surface area contributed by atoms with Gasteiger partial charge in [-0.2, -0.15) is 4.98 Å². The number of hydrogen-bond donors (Lipinski definition) is 1. The number of aryl methyl sites for hydroxylation is 2. The SMILES string of the molecule is CCc1c(-c2nc(CCN(C)C(=O)c3ccc(Cl)cc3)no2)[nH]c2ccc(C)cc12. The number of benzene rings is 2. The highest BCUT2D eigenvalue weighted by molar-refractivity contribution is 6.30. The fourth-order valence-corrected chi connectivity index (χ4v) is 3.68. The van der Waals surface area contributed by atoms with Crippen LogP contribution in [0.25, 0.3) is 22.5 Å². The number of H-pyrrole nitrogens is 1. The number of nitrogens with zero attached hydrogens (tertiary/aromatic N) is 3. The Balaban J connectivity index is 1.49. The van der Waals surface area contributed by atoms with Crippen molar-refractivity contribution in [2.24, 2.45) is 0 Å². The Hall–Kier alpha value is -3.12. The molecular weight excluding hydrogens is 400 g/mol. The molecule has 0 unspecified atom stereocenters. The number of likely N-dealkylation sites (N-methyl/N-ethyl adjacent to an activating group) is 1. The molecule has 4 aromatic rings. The first-order valence-corrected chi connectivity index (χ1v) is 10.3. The minimum atomic E-state index is -0.0744. The lowest BCUT2D eigenvalue weighted by Crippen LogP contribution is -2.29. The van der Waals surface area contributed by atoms with Crippen LogP contribution in [0.5, 0.6) is 0 Å². The summed E-state index contributed by atoms with van der Waals surface area (Å²) < 4.78 is 5.53. The Morgan fingerprint density at radius 3 is 2.70 bits per heavy atom. The summed E-state index contributed by atoms with van der Waals surface area (Å²) in [5.41, 5.74) is 4.89. The van der Waals surface area contributed by atoms with E-state index in [2.05, 4.69) is 47.2 Å². The highest BCUT2D eigenvalue weighted by Crippen LogP contribution is 2.30. The number of hydrogen-bond acceptors (Lipinski definition) is 4. The number of carbonyl (C=O) groups excluding carboxylic acids is 1. The topological polar surface area (TPSA) is 75.0 Å². The molecule has 4 rings (SSSR count). The van der Waals surface area contributed by atoms with E-state index in [4.69, 9.17) is 16.1 Å². The van der Waals surface area contributed by atoms with Gasteiger partial charge in [0.1, 0.15) is 5.69 Å². The van der Waals surface area contributed by atoms with Gasteiger partial charge in [-0.15, -0.1) is 0 Å². The molecule has 6 nitrogen and oxygen atoms in total. The monoisotopic (exact) mass is 422 g/mol. The summed E-state index contributed by atoms with van der Waals surface area (Å²) in [5, 5.41) is 5.89. The van der Waals surface area contributed by atoms with E-state index in [-0.39, 0.29) is 5.91 Å². The number of aromatic amines is 1. The molecule has 7 heteroatoms. The summed E-state index contributed by atoms with van der Waals surface area (Å²) in [4.78, 5) is 22.1. The molecule has 0 saturated heterocycles. The van der Waals surface area contributed by atoms with Gasteiger partial charge in [0.25, 0.3) is 11.8 Å². The quantitative estimate of drug-likeness (QED) is 0.471. The van der Waals surface area contributed by atoms with Crippen LogP contribution in [-0.4, -0.2) is 39.5 Å². The maximum atomic E-state index is 12.5. The zero-order valence-corrected chi connectivity index (χ0v) is 18.0. The van der Waals surface area contributed by atoms with Crippen molar-refractivity contribution in [1.29, 1.82) is 0 Å². The Kier molecular flexibility index (Phi) is 5.59. The second-order valence-corrected chi connectivity index (χ2v) is 7.82. The molecule has 2 aromatic heterocycles. The third-order valence-electron chi connectivity index (χ3n) is 5.21. The van der Waals surface area contributed by atoms with Crippen molar-refractivity contribution in [3.8, 4) is 11.6 Å². The van der Waals surface area contributed by atoms with Crippen LogP contribution in [0.3, 0.4) is 0 Å². The molecule has 0 saturated carbocycles. The zero-order valence-electron chi connectivity index (χ0n) is 17.2. The first kappa shape index (κ1) is 20.2. The smallest absolute Gasteiger partial charge is 0.274 e. The van der Waals surface area contributed by atoms with E-state index in [1.807, 2.05) is 0 Å². The number of rotatable bonds is 6. The van der Waals surface area contributed by atoms with E-state index in [0.29, 0.717) is 35.3 Å². The van der Waals surface area contributed by atoms with Crippen molar-refractivity contribution in [3.05, 3.63) is 70.0 Å². The summed E-state index contributed by atoms with van der Waals surface area (Å²) >= 11 is 5.89. The van der Waals surface area contributed by atoms with Gasteiger partial charge in [-0.05, 0) is 55.3 Å². The fourth-order valence-electron chi connectivity index (χ4n) is 3.55. The first-order valence-electron chi connectivity index (χ1n) is 9.91. The van der Waals surface area contributed by atoms with Gasteiger partial charge >= 0.3 is 0 Å². The minimum absolute atomic E-state index is 0.0744. The molecule has 154 valence electrons. The molecule has 1 amide bonds. The van der Waals surface area contributed by atoms with Crippen LogP contribution in [0.4, 0.5) is 0 Å². The lowest BCUT2D eigenvalue weighted by Gasteiger charge is -2.16. The van der Waals surface area contributed by atoms with Gasteiger partial charge in [-0.3, -0.25) is 4.79 Å². The Morgan fingerprint density at radius 2 is 1.97 bits per heavy atom. The molecule has 0 atom stereocenters. The largest absolute Gasteiger partial charge is 0.350 e. The molecule has 30 heavy (non-hydrogen) atoms. The maximum Gasteiger partial charge on any atom is 0.274 e. The van der Waals surface area contributed by atoms with E-state index in [9.17, 15) is 4.79 Å². The molecule has 0 aliphatic heterocycles. The number of halogens is 1. The van der Waals surface area contributed by atoms with Gasteiger partial charge in [-0.25, -0.2) is 0 Å². The van der Waals surface area contributed by atoms with Crippen LogP contribution in [-0.2, 0) is 12.8 Å². The number of fused-ring (bicyclic) bond motifs is 1.